The highest BCUT2D eigenvalue weighted by Crippen LogP contribution is 2.27. The van der Waals surface area contributed by atoms with E-state index in [1.54, 1.807) is 39.0 Å². The van der Waals surface area contributed by atoms with Crippen molar-refractivity contribution in [3.05, 3.63) is 68.2 Å². The fourth-order valence-corrected chi connectivity index (χ4v) is 3.60. The Balaban J connectivity index is 2.08. The highest BCUT2D eigenvalue weighted by atomic mass is 35.5. The largest absolute Gasteiger partial charge is 0.444 e. The Hall–Kier alpha value is -2.71. The summed E-state index contributed by atoms with van der Waals surface area (Å²) in [4.78, 5) is 29.8. The molecule has 0 spiro atoms. The molecule has 32 heavy (non-hydrogen) atoms. The van der Waals surface area contributed by atoms with E-state index in [2.05, 4.69) is 10.3 Å². The van der Waals surface area contributed by atoms with Crippen LogP contribution in [0.3, 0.4) is 0 Å². The maximum atomic E-state index is 13.3. The quantitative estimate of drug-likeness (QED) is 0.505. The number of fused-ring (bicyclic) bond motifs is 1. The predicted molar refractivity (Wildman–Crippen MR) is 120 cm³/mol. The average molecular weight is 484 g/mol. The molecule has 0 fully saturated rings. The number of nitrogens with one attached hydrogen (secondary N) is 1. The number of alkyl carbamates (subject to hydrolysis) is 1. The van der Waals surface area contributed by atoms with Gasteiger partial charge in [-0.3, -0.25) is 9.36 Å². The summed E-state index contributed by atoms with van der Waals surface area (Å²) in [5.74, 6) is 0.239. The van der Waals surface area contributed by atoms with Crippen molar-refractivity contribution in [2.45, 2.75) is 39.2 Å². The minimum absolute atomic E-state index is 0.0433. The van der Waals surface area contributed by atoms with E-state index >= 15 is 0 Å². The summed E-state index contributed by atoms with van der Waals surface area (Å²) in [5, 5.41) is 2.97. The number of alkyl halides is 2. The first kappa shape index (κ1) is 23.9. The van der Waals surface area contributed by atoms with E-state index < -0.39 is 23.7 Å². The lowest BCUT2D eigenvalue weighted by atomic mass is 10.1. The van der Waals surface area contributed by atoms with Gasteiger partial charge in [0.2, 0.25) is 0 Å². The maximum absolute atomic E-state index is 13.3. The van der Waals surface area contributed by atoms with E-state index in [9.17, 15) is 18.4 Å². The van der Waals surface area contributed by atoms with Gasteiger partial charge in [0, 0.05) is 23.6 Å². The molecule has 1 aromatic heterocycles. The van der Waals surface area contributed by atoms with Crippen molar-refractivity contribution in [1.29, 1.82) is 0 Å². The number of aromatic nitrogens is 2. The zero-order valence-corrected chi connectivity index (χ0v) is 19.1. The summed E-state index contributed by atoms with van der Waals surface area (Å²) in [6.07, 6.45) is -3.29. The Morgan fingerprint density at radius 2 is 1.94 bits per heavy atom. The molecule has 0 atom stereocenters. The highest BCUT2D eigenvalue weighted by molar-refractivity contribution is 6.35. The molecule has 0 aliphatic carbocycles. The van der Waals surface area contributed by atoms with Crippen LogP contribution in [0, 0.1) is 0 Å². The van der Waals surface area contributed by atoms with Gasteiger partial charge in [-0.05, 0) is 51.1 Å². The lowest BCUT2D eigenvalue weighted by Gasteiger charge is -2.20. The monoisotopic (exact) mass is 483 g/mol. The van der Waals surface area contributed by atoms with E-state index in [1.165, 1.54) is 16.7 Å². The second-order valence-corrected chi connectivity index (χ2v) is 8.87. The third-order valence-corrected chi connectivity index (χ3v) is 4.88. The molecule has 0 saturated carbocycles. The van der Waals surface area contributed by atoms with Gasteiger partial charge in [-0.2, -0.15) is 0 Å². The minimum Gasteiger partial charge on any atom is -0.444 e. The number of hydrogen-bond donors (Lipinski definition) is 1. The zero-order chi connectivity index (χ0) is 23.6. The van der Waals surface area contributed by atoms with E-state index in [-0.39, 0.29) is 45.5 Å². The number of benzene rings is 2. The summed E-state index contributed by atoms with van der Waals surface area (Å²) in [7, 11) is 0. The number of nitrogens with zero attached hydrogens (tertiary/aromatic N) is 2. The average Bonchev–Trinajstić information content (AvgIpc) is 2.66. The number of amides is 1. The Morgan fingerprint density at radius 3 is 2.59 bits per heavy atom. The van der Waals surface area contributed by atoms with Crippen LogP contribution < -0.4 is 10.9 Å². The molecule has 0 bridgehead atoms. The standard InChI is InChI=1S/C22H21Cl2F2N3O3/c1-22(2,3)32-21(31)27-8-7-17-28-16-6-4-5-15(24)18(16)20(30)29(17)14-10-12(19(25)26)9-13(23)11-14/h4-6,9-11,19H,7-8H2,1-3H3,(H,27,31). The number of carbonyl (C=O) groups is 1. The third-order valence-electron chi connectivity index (χ3n) is 4.35. The molecule has 3 rings (SSSR count). The molecule has 0 radical (unpaired) electrons. The molecule has 1 amide bonds. The van der Waals surface area contributed by atoms with Crippen LogP contribution in [0.15, 0.2) is 41.2 Å². The van der Waals surface area contributed by atoms with E-state index in [0.717, 1.165) is 6.07 Å². The van der Waals surface area contributed by atoms with Gasteiger partial charge in [-0.15, -0.1) is 0 Å². The van der Waals surface area contributed by atoms with Gasteiger partial charge < -0.3 is 10.1 Å². The topological polar surface area (TPSA) is 73.2 Å². The van der Waals surface area contributed by atoms with E-state index in [4.69, 9.17) is 27.9 Å². The summed E-state index contributed by atoms with van der Waals surface area (Å²) in [6.45, 7) is 5.30. The van der Waals surface area contributed by atoms with Crippen molar-refractivity contribution in [3.63, 3.8) is 0 Å². The number of rotatable bonds is 5. The second-order valence-electron chi connectivity index (χ2n) is 8.02. The summed E-state index contributed by atoms with van der Waals surface area (Å²) < 4.78 is 33.1. The maximum Gasteiger partial charge on any atom is 0.407 e. The highest BCUT2D eigenvalue weighted by Gasteiger charge is 2.19. The normalized spacial score (nSPS) is 11.8. The fraction of sp³-hybridized carbons (Fsp3) is 0.318. The number of halogens is 4. The first-order valence-electron chi connectivity index (χ1n) is 9.72. The first-order chi connectivity index (χ1) is 15.0. The van der Waals surface area contributed by atoms with Crippen molar-refractivity contribution in [2.24, 2.45) is 0 Å². The van der Waals surface area contributed by atoms with Gasteiger partial charge in [0.25, 0.3) is 12.0 Å². The Bertz CT molecular complexity index is 1220. The summed E-state index contributed by atoms with van der Waals surface area (Å²) >= 11 is 12.3. The van der Waals surface area contributed by atoms with Crippen LogP contribution in [0.2, 0.25) is 10.0 Å². The molecule has 0 aliphatic rings. The Kier molecular flexibility index (Phi) is 7.05. The SMILES string of the molecule is CC(C)(C)OC(=O)NCCc1nc2cccc(Cl)c2c(=O)n1-c1cc(Cl)cc(C(F)F)c1. The van der Waals surface area contributed by atoms with Crippen molar-refractivity contribution >= 4 is 40.2 Å². The van der Waals surface area contributed by atoms with E-state index in [1.807, 2.05) is 0 Å². The molecule has 3 aromatic rings. The van der Waals surface area contributed by atoms with Crippen molar-refractivity contribution in [3.8, 4) is 5.69 Å². The Morgan fingerprint density at radius 1 is 1.22 bits per heavy atom. The van der Waals surface area contributed by atoms with Crippen molar-refractivity contribution < 1.29 is 18.3 Å². The van der Waals surface area contributed by atoms with Crippen LogP contribution in [-0.2, 0) is 11.2 Å². The molecule has 0 saturated heterocycles. The van der Waals surface area contributed by atoms with Crippen LogP contribution in [-0.4, -0.2) is 27.8 Å². The molecule has 1 heterocycles. The van der Waals surface area contributed by atoms with Gasteiger partial charge in [-0.25, -0.2) is 18.6 Å². The molecular formula is C22H21Cl2F2N3O3. The molecule has 1 N–H and O–H groups in total. The molecule has 0 unspecified atom stereocenters. The lowest BCUT2D eigenvalue weighted by molar-refractivity contribution is 0.0528. The van der Waals surface area contributed by atoms with Gasteiger partial charge >= 0.3 is 6.09 Å². The molecule has 6 nitrogen and oxygen atoms in total. The summed E-state index contributed by atoms with van der Waals surface area (Å²) in [6, 6.07) is 8.52. The van der Waals surface area contributed by atoms with Gasteiger partial charge in [0.05, 0.1) is 21.6 Å². The van der Waals surface area contributed by atoms with Crippen LogP contribution >= 0.6 is 23.2 Å². The zero-order valence-electron chi connectivity index (χ0n) is 17.6. The minimum atomic E-state index is -2.78. The summed E-state index contributed by atoms with van der Waals surface area (Å²) in [5.41, 5.74) is -1.07. The lowest BCUT2D eigenvalue weighted by Crippen LogP contribution is -2.34. The third kappa shape index (κ3) is 5.55. The second kappa shape index (κ2) is 9.42. The molecular weight excluding hydrogens is 463 g/mol. The smallest absolute Gasteiger partial charge is 0.407 e. The molecule has 0 aliphatic heterocycles. The molecule has 2 aromatic carbocycles. The van der Waals surface area contributed by atoms with Crippen LogP contribution in [0.4, 0.5) is 13.6 Å². The van der Waals surface area contributed by atoms with Gasteiger partial charge in [0.1, 0.15) is 11.4 Å². The Labute approximate surface area is 193 Å². The fourth-order valence-electron chi connectivity index (χ4n) is 3.11. The number of ether oxygens (including phenoxy) is 1. The molecule has 170 valence electrons. The van der Waals surface area contributed by atoms with Gasteiger partial charge in [-0.1, -0.05) is 29.3 Å². The van der Waals surface area contributed by atoms with Crippen molar-refractivity contribution in [2.75, 3.05) is 6.54 Å². The van der Waals surface area contributed by atoms with Gasteiger partial charge in [0.15, 0.2) is 0 Å². The van der Waals surface area contributed by atoms with Crippen molar-refractivity contribution in [1.82, 2.24) is 14.9 Å². The van der Waals surface area contributed by atoms with Crippen LogP contribution in [0.1, 0.15) is 38.6 Å². The van der Waals surface area contributed by atoms with Crippen LogP contribution in [0.5, 0.6) is 0 Å². The first-order valence-corrected chi connectivity index (χ1v) is 10.5. The van der Waals surface area contributed by atoms with Crippen LogP contribution in [0.25, 0.3) is 16.6 Å². The number of hydrogen-bond acceptors (Lipinski definition) is 4. The molecule has 10 heteroatoms. The van der Waals surface area contributed by atoms with E-state index in [0.29, 0.717) is 5.52 Å². The predicted octanol–water partition coefficient (Wildman–Crippen LogP) is 5.70. The number of carbonyl (C=O) groups excluding carboxylic acids is 1.